The van der Waals surface area contributed by atoms with Crippen molar-refractivity contribution in [1.29, 1.82) is 5.26 Å². The topological polar surface area (TPSA) is 70.7 Å². The summed E-state index contributed by atoms with van der Waals surface area (Å²) in [5.41, 5.74) is 2.32. The van der Waals surface area contributed by atoms with E-state index in [9.17, 15) is 10.1 Å². The van der Waals surface area contributed by atoms with Gasteiger partial charge < -0.3 is 9.88 Å². The fourth-order valence-corrected chi connectivity index (χ4v) is 2.39. The fraction of sp³-hybridized carbons (Fsp3) is 0.118. The third kappa shape index (κ3) is 2.42. The summed E-state index contributed by atoms with van der Waals surface area (Å²) in [7, 11) is 1.81. The highest BCUT2D eigenvalue weighted by molar-refractivity contribution is 5.97. The number of benzene rings is 2. The number of nitrogens with zero attached hydrogens (tertiary/aromatic N) is 3. The molecule has 0 fully saturated rings. The van der Waals surface area contributed by atoms with E-state index in [0.29, 0.717) is 11.5 Å². The van der Waals surface area contributed by atoms with Crippen molar-refractivity contribution >= 4 is 22.6 Å². The van der Waals surface area contributed by atoms with Gasteiger partial charge in [-0.3, -0.25) is 4.79 Å². The zero-order valence-electron chi connectivity index (χ0n) is 12.0. The van der Waals surface area contributed by atoms with Crippen molar-refractivity contribution in [3.8, 4) is 6.07 Å². The summed E-state index contributed by atoms with van der Waals surface area (Å²) in [5, 5.41) is 12.2. The Kier molecular flexibility index (Phi) is 3.58. The van der Waals surface area contributed by atoms with Gasteiger partial charge in [-0.25, -0.2) is 4.98 Å². The largest absolute Gasteiger partial charge is 0.330 e. The summed E-state index contributed by atoms with van der Waals surface area (Å²) in [6, 6.07) is 18.7. The molecular formula is C17H14N4O. The van der Waals surface area contributed by atoms with Crippen LogP contribution in [0.1, 0.15) is 11.7 Å². The number of hydrogen-bond acceptors (Lipinski definition) is 3. The molecule has 3 aromatic rings. The van der Waals surface area contributed by atoms with E-state index in [1.54, 1.807) is 16.7 Å². The van der Waals surface area contributed by atoms with Crippen molar-refractivity contribution in [2.75, 3.05) is 5.32 Å². The lowest BCUT2D eigenvalue weighted by molar-refractivity contribution is -0.116. The van der Waals surface area contributed by atoms with Crippen molar-refractivity contribution < 1.29 is 4.79 Å². The zero-order valence-corrected chi connectivity index (χ0v) is 12.0. The quantitative estimate of drug-likeness (QED) is 0.806. The van der Waals surface area contributed by atoms with Crippen LogP contribution in [0.25, 0.3) is 11.0 Å². The number of aryl methyl sites for hydroxylation is 1. The summed E-state index contributed by atoms with van der Waals surface area (Å²) in [4.78, 5) is 16.8. The van der Waals surface area contributed by atoms with Gasteiger partial charge in [0.15, 0.2) is 5.92 Å². The SMILES string of the molecule is Cn1c(C(C#N)C(=O)Nc2ccccc2)nc2ccccc21. The van der Waals surface area contributed by atoms with Crippen molar-refractivity contribution in [3.05, 3.63) is 60.4 Å². The molecule has 1 aromatic heterocycles. The molecule has 0 aliphatic carbocycles. The molecule has 0 saturated carbocycles. The molecule has 1 heterocycles. The smallest absolute Gasteiger partial charge is 0.249 e. The van der Waals surface area contributed by atoms with Gasteiger partial charge in [-0.2, -0.15) is 5.26 Å². The lowest BCUT2D eigenvalue weighted by atomic mass is 10.1. The monoisotopic (exact) mass is 290 g/mol. The second kappa shape index (κ2) is 5.70. The average molecular weight is 290 g/mol. The van der Waals surface area contributed by atoms with Gasteiger partial charge in [0, 0.05) is 12.7 Å². The van der Waals surface area contributed by atoms with Crippen LogP contribution >= 0.6 is 0 Å². The average Bonchev–Trinajstić information content (AvgIpc) is 2.87. The first-order chi connectivity index (χ1) is 10.7. The standard InChI is InChI=1S/C17H14N4O/c1-21-15-10-6-5-9-14(15)20-16(21)13(11-18)17(22)19-12-7-3-2-4-8-12/h2-10,13H,1H3,(H,19,22). The van der Waals surface area contributed by atoms with Gasteiger partial charge in [0.05, 0.1) is 17.1 Å². The maximum Gasteiger partial charge on any atom is 0.249 e. The van der Waals surface area contributed by atoms with Gasteiger partial charge in [-0.15, -0.1) is 0 Å². The highest BCUT2D eigenvalue weighted by Crippen LogP contribution is 2.22. The predicted molar refractivity (Wildman–Crippen MR) is 84.1 cm³/mol. The van der Waals surface area contributed by atoms with Crippen LogP contribution in [-0.2, 0) is 11.8 Å². The molecule has 5 nitrogen and oxygen atoms in total. The summed E-state index contributed by atoms with van der Waals surface area (Å²) in [5.74, 6) is -0.901. The number of carbonyl (C=O) groups excluding carboxylic acids is 1. The molecule has 0 radical (unpaired) electrons. The van der Waals surface area contributed by atoms with Crippen LogP contribution in [0.3, 0.4) is 0 Å². The Balaban J connectivity index is 1.94. The van der Waals surface area contributed by atoms with Crippen molar-refractivity contribution in [2.45, 2.75) is 5.92 Å². The number of hydrogen-bond donors (Lipinski definition) is 1. The maximum atomic E-state index is 12.4. The number of amides is 1. The molecule has 0 aliphatic heterocycles. The number of anilines is 1. The Morgan fingerprint density at radius 3 is 2.55 bits per heavy atom. The van der Waals surface area contributed by atoms with Crippen molar-refractivity contribution in [2.24, 2.45) is 7.05 Å². The Labute approximate surface area is 127 Å². The van der Waals surface area contributed by atoms with Gasteiger partial charge in [0.25, 0.3) is 0 Å². The molecule has 0 aliphatic rings. The zero-order chi connectivity index (χ0) is 15.5. The third-order valence-corrected chi connectivity index (χ3v) is 3.51. The van der Waals surface area contributed by atoms with E-state index in [1.807, 2.05) is 55.6 Å². The van der Waals surface area contributed by atoms with Crippen LogP contribution in [0.15, 0.2) is 54.6 Å². The minimum atomic E-state index is -0.961. The van der Waals surface area contributed by atoms with E-state index in [-0.39, 0.29) is 5.91 Å². The second-order valence-corrected chi connectivity index (χ2v) is 4.94. The summed E-state index contributed by atoms with van der Waals surface area (Å²) < 4.78 is 1.79. The predicted octanol–water partition coefficient (Wildman–Crippen LogP) is 2.82. The normalized spacial score (nSPS) is 11.8. The molecule has 1 atom stereocenters. The Bertz CT molecular complexity index is 861. The Morgan fingerprint density at radius 2 is 1.86 bits per heavy atom. The van der Waals surface area contributed by atoms with E-state index in [1.165, 1.54) is 0 Å². The van der Waals surface area contributed by atoms with E-state index >= 15 is 0 Å². The number of rotatable bonds is 3. The van der Waals surface area contributed by atoms with Crippen LogP contribution in [0, 0.1) is 11.3 Å². The molecule has 108 valence electrons. The molecule has 22 heavy (non-hydrogen) atoms. The van der Waals surface area contributed by atoms with Crippen molar-refractivity contribution in [3.63, 3.8) is 0 Å². The van der Waals surface area contributed by atoms with E-state index in [2.05, 4.69) is 10.3 Å². The molecule has 5 heteroatoms. The second-order valence-electron chi connectivity index (χ2n) is 4.94. The first kappa shape index (κ1) is 13.8. The van der Waals surface area contributed by atoms with Crippen molar-refractivity contribution in [1.82, 2.24) is 9.55 Å². The molecule has 0 saturated heterocycles. The molecular weight excluding hydrogens is 276 g/mol. The molecule has 0 spiro atoms. The van der Waals surface area contributed by atoms with Gasteiger partial charge >= 0.3 is 0 Å². The first-order valence-electron chi connectivity index (χ1n) is 6.87. The highest BCUT2D eigenvalue weighted by atomic mass is 16.1. The Morgan fingerprint density at radius 1 is 1.18 bits per heavy atom. The molecule has 3 rings (SSSR count). The Hall–Kier alpha value is -3.13. The summed E-state index contributed by atoms with van der Waals surface area (Å²) in [6.07, 6.45) is 0. The lowest BCUT2D eigenvalue weighted by Gasteiger charge is -2.10. The van der Waals surface area contributed by atoms with Gasteiger partial charge in [-0.05, 0) is 24.3 Å². The van der Waals surface area contributed by atoms with Gasteiger partial charge in [0.1, 0.15) is 5.82 Å². The van der Waals surface area contributed by atoms with E-state index in [0.717, 1.165) is 11.0 Å². The molecule has 1 N–H and O–H groups in total. The lowest BCUT2D eigenvalue weighted by Crippen LogP contribution is -2.22. The van der Waals surface area contributed by atoms with E-state index < -0.39 is 5.92 Å². The van der Waals surface area contributed by atoms with Gasteiger partial charge in [0.2, 0.25) is 5.91 Å². The fourth-order valence-electron chi connectivity index (χ4n) is 2.39. The molecule has 2 aromatic carbocycles. The molecule has 1 unspecified atom stereocenters. The number of para-hydroxylation sites is 3. The van der Waals surface area contributed by atoms with Crippen LogP contribution in [0.4, 0.5) is 5.69 Å². The summed E-state index contributed by atoms with van der Waals surface area (Å²) in [6.45, 7) is 0. The number of fused-ring (bicyclic) bond motifs is 1. The van der Waals surface area contributed by atoms with Crippen LogP contribution < -0.4 is 5.32 Å². The first-order valence-corrected chi connectivity index (χ1v) is 6.87. The summed E-state index contributed by atoms with van der Waals surface area (Å²) >= 11 is 0. The third-order valence-electron chi connectivity index (χ3n) is 3.51. The van der Waals surface area contributed by atoms with Crippen LogP contribution in [0.2, 0.25) is 0 Å². The number of nitriles is 1. The maximum absolute atomic E-state index is 12.4. The molecule has 1 amide bonds. The van der Waals surface area contributed by atoms with Crippen LogP contribution in [-0.4, -0.2) is 15.5 Å². The minimum absolute atomic E-state index is 0.382. The number of imidazole rings is 1. The number of nitrogens with one attached hydrogen (secondary N) is 1. The number of aromatic nitrogens is 2. The van der Waals surface area contributed by atoms with Crippen LogP contribution in [0.5, 0.6) is 0 Å². The van der Waals surface area contributed by atoms with Gasteiger partial charge in [-0.1, -0.05) is 30.3 Å². The molecule has 0 bridgehead atoms. The van der Waals surface area contributed by atoms with E-state index in [4.69, 9.17) is 0 Å². The highest BCUT2D eigenvalue weighted by Gasteiger charge is 2.25. The minimum Gasteiger partial charge on any atom is -0.330 e. The number of carbonyl (C=O) groups is 1.